The highest BCUT2D eigenvalue weighted by molar-refractivity contribution is 5.57. The molecule has 2 N–H and O–H groups in total. The van der Waals surface area contributed by atoms with E-state index in [-0.39, 0.29) is 0 Å². The molecule has 2 heterocycles. The number of anilines is 1. The Morgan fingerprint density at radius 2 is 2.21 bits per heavy atom. The third kappa shape index (κ3) is 1.76. The van der Waals surface area contributed by atoms with E-state index in [1.54, 1.807) is 0 Å². The summed E-state index contributed by atoms with van der Waals surface area (Å²) in [5.41, 5.74) is 2.01. The third-order valence-corrected chi connectivity index (χ3v) is 1.98. The van der Waals surface area contributed by atoms with E-state index < -0.39 is 0 Å². The first-order chi connectivity index (χ1) is 6.90. The van der Waals surface area contributed by atoms with Gasteiger partial charge in [0.2, 0.25) is 0 Å². The summed E-state index contributed by atoms with van der Waals surface area (Å²) in [4.78, 5) is 7.60. The molecule has 0 spiro atoms. The number of hydrogen-bond donors (Lipinski definition) is 2. The molecule has 0 unspecified atom stereocenters. The molecule has 0 aliphatic carbocycles. The van der Waals surface area contributed by atoms with Crippen LogP contribution in [0.2, 0.25) is 0 Å². The second kappa shape index (κ2) is 3.96. The summed E-state index contributed by atoms with van der Waals surface area (Å²) in [5, 5.41) is 3.18. The Hall–Kier alpha value is -1.77. The van der Waals surface area contributed by atoms with Gasteiger partial charge < -0.3 is 10.3 Å². The molecular weight excluding hydrogens is 174 g/mol. The second-order valence-electron chi connectivity index (χ2n) is 3.02. The Morgan fingerprint density at radius 3 is 2.93 bits per heavy atom. The summed E-state index contributed by atoms with van der Waals surface area (Å²) < 4.78 is 0. The molecule has 0 fully saturated rings. The molecule has 0 saturated heterocycles. The zero-order chi connectivity index (χ0) is 9.80. The van der Waals surface area contributed by atoms with Gasteiger partial charge in [-0.25, -0.2) is 4.98 Å². The Morgan fingerprint density at radius 1 is 1.29 bits per heavy atom. The minimum absolute atomic E-state index is 0.890. The Balaban J connectivity index is 2.31. The Kier molecular flexibility index (Phi) is 2.49. The highest BCUT2D eigenvalue weighted by Gasteiger charge is 1.99. The first-order valence-electron chi connectivity index (χ1n) is 4.75. The van der Waals surface area contributed by atoms with Crippen molar-refractivity contribution in [2.24, 2.45) is 0 Å². The lowest BCUT2D eigenvalue weighted by molar-refractivity contribution is 1.16. The van der Waals surface area contributed by atoms with E-state index in [1.807, 2.05) is 36.5 Å². The molecule has 0 aromatic carbocycles. The first kappa shape index (κ1) is 8.81. The molecule has 2 aromatic rings. The first-order valence-corrected chi connectivity index (χ1v) is 4.75. The summed E-state index contributed by atoms with van der Waals surface area (Å²) in [6.45, 7) is 2.95. The molecule has 0 amide bonds. The van der Waals surface area contributed by atoms with Gasteiger partial charge in [-0.15, -0.1) is 0 Å². The monoisotopic (exact) mass is 187 g/mol. The summed E-state index contributed by atoms with van der Waals surface area (Å²) in [7, 11) is 0. The van der Waals surface area contributed by atoms with Gasteiger partial charge in [0.1, 0.15) is 5.82 Å². The highest BCUT2D eigenvalue weighted by atomic mass is 15.0. The smallest absolute Gasteiger partial charge is 0.126 e. The molecule has 0 aliphatic rings. The van der Waals surface area contributed by atoms with E-state index >= 15 is 0 Å². The van der Waals surface area contributed by atoms with E-state index in [2.05, 4.69) is 22.2 Å². The number of aromatic amines is 1. The van der Waals surface area contributed by atoms with Crippen LogP contribution < -0.4 is 5.32 Å². The van der Waals surface area contributed by atoms with E-state index in [1.165, 1.54) is 0 Å². The number of pyridine rings is 1. The van der Waals surface area contributed by atoms with Gasteiger partial charge in [-0.3, -0.25) is 0 Å². The quantitative estimate of drug-likeness (QED) is 0.775. The van der Waals surface area contributed by atoms with Gasteiger partial charge in [0.15, 0.2) is 0 Å². The summed E-state index contributed by atoms with van der Waals surface area (Å²) in [6.07, 6.45) is 1.90. The highest BCUT2D eigenvalue weighted by Crippen LogP contribution is 2.15. The number of hydrogen-bond acceptors (Lipinski definition) is 2. The minimum atomic E-state index is 0.890. The van der Waals surface area contributed by atoms with Crippen molar-refractivity contribution in [2.75, 3.05) is 11.9 Å². The van der Waals surface area contributed by atoms with Crippen molar-refractivity contribution in [3.05, 3.63) is 36.5 Å². The number of H-pyrrole nitrogens is 1. The van der Waals surface area contributed by atoms with Crippen molar-refractivity contribution in [3.63, 3.8) is 0 Å². The molecule has 0 bridgehead atoms. The molecule has 0 atom stereocenters. The molecule has 2 rings (SSSR count). The summed E-state index contributed by atoms with van der Waals surface area (Å²) in [5.74, 6) is 0.916. The van der Waals surface area contributed by atoms with Gasteiger partial charge in [0.05, 0.1) is 11.4 Å². The van der Waals surface area contributed by atoms with Crippen LogP contribution in [0.15, 0.2) is 36.5 Å². The topological polar surface area (TPSA) is 40.7 Å². The predicted molar refractivity (Wildman–Crippen MR) is 58.2 cm³/mol. The van der Waals surface area contributed by atoms with Gasteiger partial charge in [0, 0.05) is 12.7 Å². The van der Waals surface area contributed by atoms with E-state index in [4.69, 9.17) is 0 Å². The number of aromatic nitrogens is 2. The zero-order valence-corrected chi connectivity index (χ0v) is 8.12. The fourth-order valence-electron chi connectivity index (χ4n) is 1.35. The molecule has 0 aliphatic heterocycles. The number of rotatable bonds is 3. The maximum absolute atomic E-state index is 4.46. The molecule has 2 aromatic heterocycles. The molecule has 0 radical (unpaired) electrons. The number of nitrogens with one attached hydrogen (secondary N) is 2. The van der Waals surface area contributed by atoms with Crippen LogP contribution in [0.1, 0.15) is 6.92 Å². The molecule has 72 valence electrons. The number of nitrogens with zero attached hydrogens (tertiary/aromatic N) is 1. The zero-order valence-electron chi connectivity index (χ0n) is 8.12. The summed E-state index contributed by atoms with van der Waals surface area (Å²) in [6, 6.07) is 9.94. The lowest BCUT2D eigenvalue weighted by atomic mass is 10.3. The normalized spacial score (nSPS) is 10.1. The molecule has 0 saturated carbocycles. The molecular formula is C11H13N3. The SMILES string of the molecule is CCNc1cccc(-c2ccc[nH]2)n1. The third-order valence-electron chi connectivity index (χ3n) is 1.98. The maximum atomic E-state index is 4.46. The molecule has 14 heavy (non-hydrogen) atoms. The average Bonchev–Trinajstić information content (AvgIpc) is 2.71. The molecule has 3 heteroatoms. The fraction of sp³-hybridized carbons (Fsp3) is 0.182. The van der Waals surface area contributed by atoms with Crippen LogP contribution in [0.5, 0.6) is 0 Å². The van der Waals surface area contributed by atoms with Gasteiger partial charge in [-0.05, 0) is 31.2 Å². The van der Waals surface area contributed by atoms with Gasteiger partial charge in [-0.1, -0.05) is 6.07 Å². The average molecular weight is 187 g/mol. The Labute approximate surface area is 83.2 Å². The van der Waals surface area contributed by atoms with Crippen molar-refractivity contribution in [1.29, 1.82) is 0 Å². The van der Waals surface area contributed by atoms with Crippen LogP contribution >= 0.6 is 0 Å². The standard InChI is InChI=1S/C11H13N3/c1-2-12-11-7-3-5-10(14-11)9-6-4-8-13-9/h3-8,13H,2H2,1H3,(H,12,14). The Bertz CT molecular complexity index is 393. The van der Waals surface area contributed by atoms with Crippen molar-refractivity contribution >= 4 is 5.82 Å². The van der Waals surface area contributed by atoms with Crippen molar-refractivity contribution in [2.45, 2.75) is 6.92 Å². The van der Waals surface area contributed by atoms with Gasteiger partial charge >= 0.3 is 0 Å². The van der Waals surface area contributed by atoms with Gasteiger partial charge in [0.25, 0.3) is 0 Å². The second-order valence-corrected chi connectivity index (χ2v) is 3.02. The van der Waals surface area contributed by atoms with E-state index in [0.29, 0.717) is 0 Å². The lowest BCUT2D eigenvalue weighted by Gasteiger charge is -2.03. The fourth-order valence-corrected chi connectivity index (χ4v) is 1.35. The maximum Gasteiger partial charge on any atom is 0.126 e. The van der Waals surface area contributed by atoms with Crippen LogP contribution in [0, 0.1) is 0 Å². The van der Waals surface area contributed by atoms with Crippen molar-refractivity contribution < 1.29 is 0 Å². The van der Waals surface area contributed by atoms with Crippen LogP contribution in [0.4, 0.5) is 5.82 Å². The largest absolute Gasteiger partial charge is 0.370 e. The van der Waals surface area contributed by atoms with Crippen LogP contribution in [-0.4, -0.2) is 16.5 Å². The lowest BCUT2D eigenvalue weighted by Crippen LogP contribution is -1.99. The van der Waals surface area contributed by atoms with Crippen LogP contribution in [0.3, 0.4) is 0 Å². The van der Waals surface area contributed by atoms with Crippen molar-refractivity contribution in [3.8, 4) is 11.4 Å². The molecule has 3 nitrogen and oxygen atoms in total. The van der Waals surface area contributed by atoms with Crippen molar-refractivity contribution in [1.82, 2.24) is 9.97 Å². The van der Waals surface area contributed by atoms with Gasteiger partial charge in [-0.2, -0.15) is 0 Å². The van der Waals surface area contributed by atoms with E-state index in [0.717, 1.165) is 23.8 Å². The summed E-state index contributed by atoms with van der Waals surface area (Å²) >= 11 is 0. The predicted octanol–water partition coefficient (Wildman–Crippen LogP) is 2.51. The van der Waals surface area contributed by atoms with E-state index in [9.17, 15) is 0 Å². The minimum Gasteiger partial charge on any atom is -0.370 e. The van der Waals surface area contributed by atoms with Crippen LogP contribution in [0.25, 0.3) is 11.4 Å². The van der Waals surface area contributed by atoms with Crippen LogP contribution in [-0.2, 0) is 0 Å².